The number of halogens is 1. The first-order chi connectivity index (χ1) is 6.69. The average Bonchev–Trinajstić information content (AvgIpc) is 2.15. The van der Waals surface area contributed by atoms with E-state index in [1.807, 2.05) is 24.1 Å². The number of aryl methyl sites for hydroxylation is 1. The monoisotopic (exact) mass is 252 g/mol. The summed E-state index contributed by atoms with van der Waals surface area (Å²) in [5.41, 5.74) is 1.14. The van der Waals surface area contributed by atoms with Gasteiger partial charge in [-0.15, -0.1) is 6.42 Å². The third-order valence-corrected chi connectivity index (χ3v) is 2.51. The van der Waals surface area contributed by atoms with E-state index in [0.717, 1.165) is 22.4 Å². The molecule has 1 rings (SSSR count). The predicted octanol–water partition coefficient (Wildman–Crippen LogP) is 2.61. The number of nitrogens with zero attached hydrogens (tertiary/aromatic N) is 2. The minimum absolute atomic E-state index is 0.588. The molecular formula is C11H13BrN2. The third-order valence-electron chi connectivity index (χ3n) is 1.92. The van der Waals surface area contributed by atoms with Crippen molar-refractivity contribution in [2.45, 2.75) is 13.8 Å². The molecule has 0 N–H and O–H groups in total. The number of terminal acetylenes is 1. The van der Waals surface area contributed by atoms with E-state index < -0.39 is 0 Å². The van der Waals surface area contributed by atoms with Crippen molar-refractivity contribution in [1.29, 1.82) is 0 Å². The van der Waals surface area contributed by atoms with E-state index in [1.54, 1.807) is 0 Å². The van der Waals surface area contributed by atoms with Crippen LogP contribution in [0.1, 0.15) is 12.5 Å². The van der Waals surface area contributed by atoms with Crippen molar-refractivity contribution in [3.8, 4) is 12.3 Å². The van der Waals surface area contributed by atoms with E-state index in [4.69, 9.17) is 6.42 Å². The molecule has 0 radical (unpaired) electrons. The Morgan fingerprint density at radius 1 is 1.64 bits per heavy atom. The van der Waals surface area contributed by atoms with Gasteiger partial charge in [-0.05, 0) is 41.4 Å². The van der Waals surface area contributed by atoms with Crippen molar-refractivity contribution in [3.63, 3.8) is 0 Å². The number of hydrogen-bond acceptors (Lipinski definition) is 2. The molecule has 0 spiro atoms. The minimum atomic E-state index is 0.588. The van der Waals surface area contributed by atoms with Crippen molar-refractivity contribution in [3.05, 3.63) is 22.3 Å². The van der Waals surface area contributed by atoms with E-state index in [9.17, 15) is 0 Å². The van der Waals surface area contributed by atoms with Gasteiger partial charge in [0.25, 0.3) is 0 Å². The van der Waals surface area contributed by atoms with Gasteiger partial charge in [0.2, 0.25) is 0 Å². The topological polar surface area (TPSA) is 16.1 Å². The number of pyridine rings is 1. The zero-order valence-electron chi connectivity index (χ0n) is 8.42. The number of aromatic nitrogens is 1. The molecule has 0 saturated carbocycles. The van der Waals surface area contributed by atoms with Crippen LogP contribution in [0.25, 0.3) is 0 Å². The zero-order valence-corrected chi connectivity index (χ0v) is 10.0. The van der Waals surface area contributed by atoms with Crippen molar-refractivity contribution < 1.29 is 0 Å². The molecule has 2 nitrogen and oxygen atoms in total. The van der Waals surface area contributed by atoms with Gasteiger partial charge in [0.1, 0.15) is 5.82 Å². The fraction of sp³-hybridized carbons (Fsp3) is 0.364. The third kappa shape index (κ3) is 2.49. The van der Waals surface area contributed by atoms with E-state index >= 15 is 0 Å². The van der Waals surface area contributed by atoms with Crippen LogP contribution >= 0.6 is 15.9 Å². The summed E-state index contributed by atoms with van der Waals surface area (Å²) in [5, 5.41) is 0. The highest BCUT2D eigenvalue weighted by atomic mass is 79.9. The summed E-state index contributed by atoms with van der Waals surface area (Å²) < 4.78 is 0.995. The Morgan fingerprint density at radius 2 is 2.36 bits per heavy atom. The van der Waals surface area contributed by atoms with Gasteiger partial charge >= 0.3 is 0 Å². The summed E-state index contributed by atoms with van der Waals surface area (Å²) in [6, 6.07) is 2.04. The van der Waals surface area contributed by atoms with Crippen molar-refractivity contribution in [1.82, 2.24) is 4.98 Å². The molecule has 0 fully saturated rings. The van der Waals surface area contributed by atoms with Gasteiger partial charge in [-0.3, -0.25) is 0 Å². The fourth-order valence-corrected chi connectivity index (χ4v) is 1.92. The van der Waals surface area contributed by atoms with Crippen LogP contribution in [0, 0.1) is 19.3 Å². The summed E-state index contributed by atoms with van der Waals surface area (Å²) in [5.74, 6) is 3.54. The standard InChI is InChI=1S/C11H13BrN2/c1-4-6-14(5-2)11-10(12)7-9(3)8-13-11/h1,7-8H,5-6H2,2-3H3. The molecule has 0 aliphatic rings. The van der Waals surface area contributed by atoms with Crippen LogP contribution in [0.5, 0.6) is 0 Å². The average molecular weight is 253 g/mol. The Morgan fingerprint density at radius 3 is 2.86 bits per heavy atom. The fourth-order valence-electron chi connectivity index (χ4n) is 1.21. The normalized spacial score (nSPS) is 9.57. The minimum Gasteiger partial charge on any atom is -0.345 e. The van der Waals surface area contributed by atoms with Crippen LogP contribution in [0.2, 0.25) is 0 Å². The second-order valence-electron chi connectivity index (χ2n) is 3.04. The Bertz CT molecular complexity index is 355. The Hall–Kier alpha value is -1.01. The first-order valence-corrected chi connectivity index (χ1v) is 5.29. The maximum Gasteiger partial charge on any atom is 0.143 e. The lowest BCUT2D eigenvalue weighted by atomic mass is 10.3. The van der Waals surface area contributed by atoms with Crippen molar-refractivity contribution >= 4 is 21.7 Å². The molecular weight excluding hydrogens is 240 g/mol. The van der Waals surface area contributed by atoms with Gasteiger partial charge in [0.15, 0.2) is 0 Å². The molecule has 1 aromatic rings. The van der Waals surface area contributed by atoms with Crippen LogP contribution in [0.4, 0.5) is 5.82 Å². The SMILES string of the molecule is C#CCN(CC)c1ncc(C)cc1Br. The molecule has 14 heavy (non-hydrogen) atoms. The molecule has 0 saturated heterocycles. The maximum atomic E-state index is 5.29. The molecule has 1 heterocycles. The van der Waals surface area contributed by atoms with Gasteiger partial charge in [-0.1, -0.05) is 5.92 Å². The predicted molar refractivity (Wildman–Crippen MR) is 63.4 cm³/mol. The highest BCUT2D eigenvalue weighted by Crippen LogP contribution is 2.23. The number of rotatable bonds is 3. The molecule has 3 heteroatoms. The van der Waals surface area contributed by atoms with Gasteiger partial charge in [-0.2, -0.15) is 0 Å². The lowest BCUT2D eigenvalue weighted by Gasteiger charge is -2.20. The molecule has 1 aromatic heterocycles. The molecule has 0 bridgehead atoms. The Labute approximate surface area is 93.5 Å². The van der Waals surface area contributed by atoms with Gasteiger partial charge < -0.3 is 4.90 Å². The summed E-state index contributed by atoms with van der Waals surface area (Å²) in [7, 11) is 0. The second-order valence-corrected chi connectivity index (χ2v) is 3.89. The molecule has 0 aliphatic heterocycles. The lowest BCUT2D eigenvalue weighted by Crippen LogP contribution is -2.24. The smallest absolute Gasteiger partial charge is 0.143 e. The van der Waals surface area contributed by atoms with Crippen LogP contribution in [-0.4, -0.2) is 18.1 Å². The maximum absolute atomic E-state index is 5.29. The lowest BCUT2D eigenvalue weighted by molar-refractivity contribution is 0.887. The summed E-state index contributed by atoms with van der Waals surface area (Å²) in [6.45, 7) is 5.52. The zero-order chi connectivity index (χ0) is 10.6. The van der Waals surface area contributed by atoms with Crippen molar-refractivity contribution in [2.24, 2.45) is 0 Å². The molecule has 0 aromatic carbocycles. The van der Waals surface area contributed by atoms with E-state index in [1.165, 1.54) is 0 Å². The quantitative estimate of drug-likeness (QED) is 0.770. The molecule has 0 amide bonds. The Kier molecular flexibility index (Phi) is 3.97. The van der Waals surface area contributed by atoms with Gasteiger partial charge in [0, 0.05) is 12.7 Å². The van der Waals surface area contributed by atoms with E-state index in [-0.39, 0.29) is 0 Å². The molecule has 74 valence electrons. The second kappa shape index (κ2) is 5.02. The number of anilines is 1. The number of hydrogen-bond donors (Lipinski definition) is 0. The molecule has 0 unspecified atom stereocenters. The molecule has 0 atom stereocenters. The Balaban J connectivity index is 2.99. The van der Waals surface area contributed by atoms with Gasteiger partial charge in [-0.25, -0.2) is 4.98 Å². The summed E-state index contributed by atoms with van der Waals surface area (Å²) in [6.07, 6.45) is 7.13. The van der Waals surface area contributed by atoms with Gasteiger partial charge in [0.05, 0.1) is 11.0 Å². The van der Waals surface area contributed by atoms with E-state index in [2.05, 4.69) is 33.8 Å². The van der Waals surface area contributed by atoms with E-state index in [0.29, 0.717) is 6.54 Å². The largest absolute Gasteiger partial charge is 0.345 e. The first-order valence-electron chi connectivity index (χ1n) is 4.49. The highest BCUT2D eigenvalue weighted by molar-refractivity contribution is 9.10. The highest BCUT2D eigenvalue weighted by Gasteiger charge is 2.08. The van der Waals surface area contributed by atoms with Crippen molar-refractivity contribution in [2.75, 3.05) is 18.0 Å². The summed E-state index contributed by atoms with van der Waals surface area (Å²) >= 11 is 3.49. The van der Waals surface area contributed by atoms with Crippen LogP contribution in [0.15, 0.2) is 16.7 Å². The van der Waals surface area contributed by atoms with Crippen LogP contribution in [-0.2, 0) is 0 Å². The summed E-state index contributed by atoms with van der Waals surface area (Å²) in [4.78, 5) is 6.40. The van der Waals surface area contributed by atoms with Crippen LogP contribution in [0.3, 0.4) is 0 Å². The van der Waals surface area contributed by atoms with Crippen LogP contribution < -0.4 is 4.90 Å². The molecule has 0 aliphatic carbocycles. The first kappa shape index (κ1) is 11.1.